The van der Waals surface area contributed by atoms with Crippen LogP contribution in [0, 0.1) is 0 Å². The van der Waals surface area contributed by atoms with Crippen LogP contribution in [0.3, 0.4) is 0 Å². The van der Waals surface area contributed by atoms with Gasteiger partial charge >= 0.3 is 0 Å². The van der Waals surface area contributed by atoms with E-state index in [1.165, 1.54) is 0 Å². The maximum Gasteiger partial charge on any atom is 0.147 e. The molecule has 0 amide bonds. The van der Waals surface area contributed by atoms with Crippen molar-refractivity contribution in [1.29, 1.82) is 0 Å². The summed E-state index contributed by atoms with van der Waals surface area (Å²) in [5.41, 5.74) is 1.31. The molecule has 1 saturated heterocycles. The van der Waals surface area contributed by atoms with Crippen LogP contribution >= 0.6 is 11.6 Å². The van der Waals surface area contributed by atoms with Gasteiger partial charge in [-0.15, -0.1) is 0 Å². The lowest BCUT2D eigenvalue weighted by Crippen LogP contribution is -2.30. The van der Waals surface area contributed by atoms with Gasteiger partial charge in [-0.2, -0.15) is 0 Å². The summed E-state index contributed by atoms with van der Waals surface area (Å²) in [5, 5.41) is 6.78. The van der Waals surface area contributed by atoms with Crippen molar-refractivity contribution in [3.05, 3.63) is 22.5 Å². The van der Waals surface area contributed by atoms with Crippen LogP contribution < -0.4 is 10.6 Å². The number of aldehydes is 1. The fourth-order valence-corrected chi connectivity index (χ4v) is 1.60. The van der Waals surface area contributed by atoms with Gasteiger partial charge in [-0.05, 0) is 32.7 Å². The summed E-state index contributed by atoms with van der Waals surface area (Å²) in [5.74, 6) is 0. The third-order valence-electron chi connectivity index (χ3n) is 2.44. The van der Waals surface area contributed by atoms with E-state index < -0.39 is 0 Å². The van der Waals surface area contributed by atoms with Crippen molar-refractivity contribution in [2.24, 2.45) is 4.99 Å². The van der Waals surface area contributed by atoms with Crippen LogP contribution in [-0.4, -0.2) is 32.1 Å². The molecule has 5 heteroatoms. The zero-order valence-corrected chi connectivity index (χ0v) is 10.0. The first-order chi connectivity index (χ1) is 7.67. The van der Waals surface area contributed by atoms with Crippen LogP contribution in [0.4, 0.5) is 0 Å². The molecule has 0 radical (unpaired) electrons. The predicted molar refractivity (Wildman–Crippen MR) is 66.7 cm³/mol. The third kappa shape index (κ3) is 3.79. The molecule has 1 fully saturated rings. The van der Waals surface area contributed by atoms with Crippen LogP contribution in [-0.2, 0) is 4.79 Å². The third-order valence-corrected chi connectivity index (χ3v) is 2.66. The number of hydrogen-bond donors (Lipinski definition) is 2. The second kappa shape index (κ2) is 6.45. The van der Waals surface area contributed by atoms with Gasteiger partial charge in [0.25, 0.3) is 0 Å². The smallest absolute Gasteiger partial charge is 0.147 e. The molecule has 0 aliphatic carbocycles. The molecule has 4 nitrogen and oxygen atoms in total. The number of nitrogens with zero attached hydrogens (tertiary/aromatic N) is 1. The van der Waals surface area contributed by atoms with E-state index >= 15 is 0 Å². The Morgan fingerprint density at radius 2 is 2.44 bits per heavy atom. The summed E-state index contributed by atoms with van der Waals surface area (Å²) in [4.78, 5) is 14.3. The molecule has 0 unspecified atom stereocenters. The van der Waals surface area contributed by atoms with Crippen LogP contribution in [0.2, 0.25) is 0 Å². The number of allylic oxidation sites excluding steroid dienone is 2. The van der Waals surface area contributed by atoms with E-state index in [1.807, 2.05) is 0 Å². The molecule has 0 spiro atoms. The lowest BCUT2D eigenvalue weighted by atomic mass is 10.2. The number of hydrogen-bond acceptors (Lipinski definition) is 4. The number of rotatable bonds is 5. The van der Waals surface area contributed by atoms with Crippen LogP contribution in [0.25, 0.3) is 0 Å². The molecular weight excluding hydrogens is 226 g/mol. The van der Waals surface area contributed by atoms with Crippen LogP contribution in [0.5, 0.6) is 0 Å². The number of halogens is 1. The van der Waals surface area contributed by atoms with E-state index in [2.05, 4.69) is 22.3 Å². The SMILES string of the molecule is C=N/C(Cl)=C\C(N[C@H]1CCNC1)=C(/C)C=O. The zero-order valence-electron chi connectivity index (χ0n) is 9.29. The molecule has 1 rings (SSSR count). The van der Waals surface area contributed by atoms with E-state index in [0.29, 0.717) is 17.3 Å². The van der Waals surface area contributed by atoms with Crippen LogP contribution in [0.15, 0.2) is 27.5 Å². The Morgan fingerprint density at radius 1 is 1.69 bits per heavy atom. The largest absolute Gasteiger partial charge is 0.381 e. The number of aliphatic imine (C=N–C) groups is 1. The topological polar surface area (TPSA) is 53.5 Å². The highest BCUT2D eigenvalue weighted by atomic mass is 35.5. The molecule has 2 N–H and O–H groups in total. The van der Waals surface area contributed by atoms with E-state index in [-0.39, 0.29) is 5.16 Å². The number of carbonyl (C=O) groups excluding carboxylic acids is 1. The summed E-state index contributed by atoms with van der Waals surface area (Å²) >= 11 is 5.77. The molecule has 1 heterocycles. The maximum absolute atomic E-state index is 10.8. The van der Waals surface area contributed by atoms with Gasteiger partial charge in [0.1, 0.15) is 11.4 Å². The first kappa shape index (κ1) is 12.9. The Morgan fingerprint density at radius 3 is 2.94 bits per heavy atom. The van der Waals surface area contributed by atoms with Crippen LogP contribution in [0.1, 0.15) is 13.3 Å². The first-order valence-corrected chi connectivity index (χ1v) is 5.52. The summed E-state index contributed by atoms with van der Waals surface area (Å²) in [7, 11) is 0. The molecule has 1 aliphatic heterocycles. The highest BCUT2D eigenvalue weighted by Crippen LogP contribution is 2.11. The van der Waals surface area contributed by atoms with Crippen molar-refractivity contribution in [1.82, 2.24) is 10.6 Å². The molecule has 0 saturated carbocycles. The van der Waals surface area contributed by atoms with Gasteiger partial charge in [0.2, 0.25) is 0 Å². The van der Waals surface area contributed by atoms with Crippen molar-refractivity contribution >= 4 is 24.6 Å². The number of carbonyl (C=O) groups is 1. The molecule has 1 aliphatic rings. The van der Waals surface area contributed by atoms with E-state index in [4.69, 9.17) is 11.6 Å². The van der Waals surface area contributed by atoms with Gasteiger partial charge in [-0.25, -0.2) is 0 Å². The summed E-state index contributed by atoms with van der Waals surface area (Å²) in [6.45, 7) is 6.95. The fourth-order valence-electron chi connectivity index (χ4n) is 1.50. The van der Waals surface area contributed by atoms with Crippen molar-refractivity contribution in [2.45, 2.75) is 19.4 Å². The monoisotopic (exact) mass is 241 g/mol. The standard InChI is InChI=1S/C11H16ClN3O/c1-8(7-16)10(5-11(12)13-2)15-9-3-4-14-6-9/h5,7,9,14-15H,2-4,6H2,1H3/b10-8-,11-5-/t9-/m0/s1. The minimum Gasteiger partial charge on any atom is -0.381 e. The molecule has 0 aromatic carbocycles. The molecule has 16 heavy (non-hydrogen) atoms. The van der Waals surface area contributed by atoms with Crippen molar-refractivity contribution in [3.8, 4) is 0 Å². The normalized spacial score (nSPS) is 22.6. The average Bonchev–Trinajstić information content (AvgIpc) is 2.79. The second-order valence-corrected chi connectivity index (χ2v) is 4.06. The van der Waals surface area contributed by atoms with Crippen molar-refractivity contribution < 1.29 is 4.79 Å². The van der Waals surface area contributed by atoms with Gasteiger partial charge in [0.05, 0.1) is 0 Å². The first-order valence-electron chi connectivity index (χ1n) is 5.14. The lowest BCUT2D eigenvalue weighted by Gasteiger charge is -2.15. The lowest BCUT2D eigenvalue weighted by molar-refractivity contribution is -0.104. The summed E-state index contributed by atoms with van der Waals surface area (Å²) in [6, 6.07) is 0.329. The Balaban J connectivity index is 2.79. The minimum absolute atomic E-state index is 0.273. The highest BCUT2D eigenvalue weighted by Gasteiger charge is 2.15. The molecule has 0 bridgehead atoms. The van der Waals surface area contributed by atoms with Gasteiger partial charge in [-0.1, -0.05) is 11.6 Å². The maximum atomic E-state index is 10.8. The molecule has 0 aromatic rings. The molecule has 1 atom stereocenters. The number of nitrogens with one attached hydrogen (secondary N) is 2. The molecule has 0 aromatic heterocycles. The Bertz CT molecular complexity index is 330. The van der Waals surface area contributed by atoms with Crippen molar-refractivity contribution in [2.75, 3.05) is 13.1 Å². The minimum atomic E-state index is 0.273. The quantitative estimate of drug-likeness (QED) is 0.250. The zero-order chi connectivity index (χ0) is 12.0. The Kier molecular flexibility index (Phi) is 5.22. The fraction of sp³-hybridized carbons (Fsp3) is 0.455. The Labute approximate surface area is 100 Å². The highest BCUT2D eigenvalue weighted by molar-refractivity contribution is 6.29. The van der Waals surface area contributed by atoms with E-state index in [9.17, 15) is 4.79 Å². The van der Waals surface area contributed by atoms with Gasteiger partial charge in [0.15, 0.2) is 0 Å². The molecule has 88 valence electrons. The summed E-state index contributed by atoms with van der Waals surface area (Å²) < 4.78 is 0. The average molecular weight is 242 g/mol. The van der Waals surface area contributed by atoms with Gasteiger partial charge in [0, 0.05) is 23.9 Å². The van der Waals surface area contributed by atoms with E-state index in [1.54, 1.807) is 13.0 Å². The predicted octanol–water partition coefficient (Wildman–Crippen LogP) is 1.19. The molecular formula is C11H16ClN3O. The Hall–Kier alpha value is -1.13. The summed E-state index contributed by atoms with van der Waals surface area (Å²) in [6.07, 6.45) is 3.45. The van der Waals surface area contributed by atoms with Gasteiger partial charge < -0.3 is 10.6 Å². The van der Waals surface area contributed by atoms with Gasteiger partial charge in [-0.3, -0.25) is 9.79 Å². The van der Waals surface area contributed by atoms with Crippen molar-refractivity contribution in [3.63, 3.8) is 0 Å². The van der Waals surface area contributed by atoms with E-state index in [0.717, 1.165) is 25.8 Å². The second-order valence-electron chi connectivity index (χ2n) is 3.67.